The first kappa shape index (κ1) is 15.9. The van der Waals surface area contributed by atoms with Crippen molar-refractivity contribution in [3.05, 3.63) is 0 Å². The first-order valence-corrected chi connectivity index (χ1v) is 6.70. The topological polar surface area (TPSA) is 35.5 Å². The first-order chi connectivity index (χ1) is 7.66. The summed E-state index contributed by atoms with van der Waals surface area (Å²) in [7, 11) is 3.97. The molecule has 0 aliphatic carbocycles. The molecule has 3 heteroatoms. The monoisotopic (exact) mass is 230 g/mol. The molecule has 98 valence electrons. The summed E-state index contributed by atoms with van der Waals surface area (Å²) in [5.41, 5.74) is 0. The van der Waals surface area contributed by atoms with Crippen molar-refractivity contribution >= 4 is 0 Å². The molecule has 0 saturated heterocycles. The summed E-state index contributed by atoms with van der Waals surface area (Å²) in [6.45, 7) is 4.74. The van der Waals surface area contributed by atoms with Crippen LogP contribution in [0.2, 0.25) is 0 Å². The molecular weight excluding hydrogens is 200 g/mol. The predicted molar refractivity (Wildman–Crippen MR) is 70.8 cm³/mol. The second-order valence-corrected chi connectivity index (χ2v) is 4.89. The molecule has 1 unspecified atom stereocenters. The van der Waals surface area contributed by atoms with Crippen molar-refractivity contribution in [2.45, 2.75) is 51.6 Å². The lowest BCUT2D eigenvalue weighted by Crippen LogP contribution is -2.35. The van der Waals surface area contributed by atoms with Crippen molar-refractivity contribution in [2.75, 3.05) is 33.7 Å². The van der Waals surface area contributed by atoms with Gasteiger partial charge in [-0.1, -0.05) is 39.0 Å². The average molecular weight is 230 g/mol. The molecule has 0 radical (unpaired) electrons. The molecule has 0 aliphatic heterocycles. The highest BCUT2D eigenvalue weighted by molar-refractivity contribution is 4.62. The fourth-order valence-corrected chi connectivity index (χ4v) is 1.79. The van der Waals surface area contributed by atoms with Crippen LogP contribution in [-0.4, -0.2) is 49.8 Å². The van der Waals surface area contributed by atoms with Crippen LogP contribution in [-0.2, 0) is 0 Å². The Morgan fingerprint density at radius 2 is 1.69 bits per heavy atom. The third-order valence-electron chi connectivity index (χ3n) is 2.66. The zero-order valence-electron chi connectivity index (χ0n) is 11.3. The standard InChI is InChI=1S/C13H30N2O/c1-4-5-6-7-8-9-10-14-11-13(16)12-15(2)3/h13-14,16H,4-12H2,1-3H3. The number of aliphatic hydroxyl groups is 1. The van der Waals surface area contributed by atoms with E-state index in [1.807, 2.05) is 19.0 Å². The second kappa shape index (κ2) is 11.4. The third-order valence-corrected chi connectivity index (χ3v) is 2.66. The van der Waals surface area contributed by atoms with Gasteiger partial charge in [0.1, 0.15) is 0 Å². The van der Waals surface area contributed by atoms with Gasteiger partial charge in [0.25, 0.3) is 0 Å². The molecule has 0 spiro atoms. The van der Waals surface area contributed by atoms with Gasteiger partial charge in [-0.05, 0) is 27.1 Å². The van der Waals surface area contributed by atoms with Crippen molar-refractivity contribution in [1.82, 2.24) is 10.2 Å². The molecule has 3 nitrogen and oxygen atoms in total. The van der Waals surface area contributed by atoms with Gasteiger partial charge >= 0.3 is 0 Å². The molecule has 0 heterocycles. The van der Waals surface area contributed by atoms with Gasteiger partial charge in [-0.15, -0.1) is 0 Å². The Bertz CT molecular complexity index is 140. The predicted octanol–water partition coefficient (Wildman–Crippen LogP) is 1.86. The Labute approximate surface area is 101 Å². The molecule has 0 bridgehead atoms. The van der Waals surface area contributed by atoms with E-state index in [0.29, 0.717) is 6.54 Å². The number of rotatable bonds is 11. The summed E-state index contributed by atoms with van der Waals surface area (Å²) >= 11 is 0. The van der Waals surface area contributed by atoms with Gasteiger partial charge < -0.3 is 15.3 Å². The minimum atomic E-state index is -0.241. The van der Waals surface area contributed by atoms with Crippen LogP contribution in [0, 0.1) is 0 Å². The summed E-state index contributed by atoms with van der Waals surface area (Å²) in [4.78, 5) is 2.01. The van der Waals surface area contributed by atoms with E-state index in [-0.39, 0.29) is 6.10 Å². The van der Waals surface area contributed by atoms with Crippen LogP contribution < -0.4 is 5.32 Å². The maximum atomic E-state index is 9.59. The average Bonchev–Trinajstić information content (AvgIpc) is 2.21. The quantitative estimate of drug-likeness (QED) is 0.532. The van der Waals surface area contributed by atoms with E-state index >= 15 is 0 Å². The molecule has 0 aromatic carbocycles. The van der Waals surface area contributed by atoms with Crippen LogP contribution >= 0.6 is 0 Å². The minimum absolute atomic E-state index is 0.241. The lowest BCUT2D eigenvalue weighted by Gasteiger charge is -2.16. The summed E-state index contributed by atoms with van der Waals surface area (Å²) in [5, 5.41) is 12.9. The lowest BCUT2D eigenvalue weighted by atomic mass is 10.1. The summed E-state index contributed by atoms with van der Waals surface area (Å²) in [6, 6.07) is 0. The Morgan fingerprint density at radius 3 is 2.31 bits per heavy atom. The SMILES string of the molecule is CCCCCCCCNCC(O)CN(C)C. The normalized spacial score (nSPS) is 13.3. The largest absolute Gasteiger partial charge is 0.390 e. The van der Waals surface area contributed by atoms with Crippen molar-refractivity contribution in [2.24, 2.45) is 0 Å². The van der Waals surface area contributed by atoms with E-state index in [9.17, 15) is 5.11 Å². The highest BCUT2D eigenvalue weighted by Gasteiger charge is 2.03. The Morgan fingerprint density at radius 1 is 1.06 bits per heavy atom. The summed E-state index contributed by atoms with van der Waals surface area (Å²) < 4.78 is 0. The van der Waals surface area contributed by atoms with E-state index in [0.717, 1.165) is 13.1 Å². The Kier molecular flexibility index (Phi) is 11.3. The molecule has 0 saturated carbocycles. The van der Waals surface area contributed by atoms with Crippen LogP contribution in [0.25, 0.3) is 0 Å². The second-order valence-electron chi connectivity index (χ2n) is 4.89. The van der Waals surface area contributed by atoms with Crippen molar-refractivity contribution in [1.29, 1.82) is 0 Å². The van der Waals surface area contributed by atoms with E-state index in [1.165, 1.54) is 38.5 Å². The lowest BCUT2D eigenvalue weighted by molar-refractivity contribution is 0.135. The highest BCUT2D eigenvalue weighted by atomic mass is 16.3. The fourth-order valence-electron chi connectivity index (χ4n) is 1.79. The summed E-state index contributed by atoms with van der Waals surface area (Å²) in [6.07, 6.45) is 7.73. The molecular formula is C13H30N2O. The zero-order chi connectivity index (χ0) is 12.2. The first-order valence-electron chi connectivity index (χ1n) is 6.70. The van der Waals surface area contributed by atoms with Crippen LogP contribution in [0.15, 0.2) is 0 Å². The maximum absolute atomic E-state index is 9.59. The van der Waals surface area contributed by atoms with Gasteiger partial charge in [-0.25, -0.2) is 0 Å². The van der Waals surface area contributed by atoms with Gasteiger partial charge in [0.2, 0.25) is 0 Å². The molecule has 0 aromatic heterocycles. The van der Waals surface area contributed by atoms with Crippen LogP contribution in [0.5, 0.6) is 0 Å². The molecule has 16 heavy (non-hydrogen) atoms. The number of aliphatic hydroxyl groups excluding tert-OH is 1. The smallest absolute Gasteiger partial charge is 0.0791 e. The van der Waals surface area contributed by atoms with Crippen LogP contribution in [0.4, 0.5) is 0 Å². The molecule has 0 fully saturated rings. The van der Waals surface area contributed by atoms with Gasteiger partial charge in [0.05, 0.1) is 6.10 Å². The molecule has 0 aliphatic rings. The van der Waals surface area contributed by atoms with Gasteiger partial charge in [0.15, 0.2) is 0 Å². The van der Waals surface area contributed by atoms with E-state index in [2.05, 4.69) is 12.2 Å². The van der Waals surface area contributed by atoms with Gasteiger partial charge in [-0.3, -0.25) is 0 Å². The number of likely N-dealkylation sites (N-methyl/N-ethyl adjacent to an activating group) is 1. The zero-order valence-corrected chi connectivity index (χ0v) is 11.3. The maximum Gasteiger partial charge on any atom is 0.0791 e. The molecule has 0 aromatic rings. The molecule has 0 amide bonds. The van der Waals surface area contributed by atoms with Crippen LogP contribution in [0.3, 0.4) is 0 Å². The highest BCUT2D eigenvalue weighted by Crippen LogP contribution is 2.03. The van der Waals surface area contributed by atoms with E-state index in [4.69, 9.17) is 0 Å². The number of nitrogens with zero attached hydrogens (tertiary/aromatic N) is 1. The number of nitrogens with one attached hydrogen (secondary N) is 1. The van der Waals surface area contributed by atoms with Crippen molar-refractivity contribution in [3.8, 4) is 0 Å². The van der Waals surface area contributed by atoms with Crippen LogP contribution in [0.1, 0.15) is 45.4 Å². The molecule has 2 N–H and O–H groups in total. The van der Waals surface area contributed by atoms with Gasteiger partial charge in [-0.2, -0.15) is 0 Å². The molecule has 0 rings (SSSR count). The molecule has 1 atom stereocenters. The van der Waals surface area contributed by atoms with Crippen molar-refractivity contribution < 1.29 is 5.11 Å². The third kappa shape index (κ3) is 12.0. The minimum Gasteiger partial charge on any atom is -0.390 e. The summed E-state index contributed by atoms with van der Waals surface area (Å²) in [5.74, 6) is 0. The van der Waals surface area contributed by atoms with Crippen molar-refractivity contribution in [3.63, 3.8) is 0 Å². The van der Waals surface area contributed by atoms with Gasteiger partial charge in [0, 0.05) is 13.1 Å². The number of hydrogen-bond acceptors (Lipinski definition) is 3. The number of unbranched alkanes of at least 4 members (excludes halogenated alkanes) is 5. The number of hydrogen-bond donors (Lipinski definition) is 2. The van der Waals surface area contributed by atoms with E-state index in [1.54, 1.807) is 0 Å². The fraction of sp³-hybridized carbons (Fsp3) is 1.00. The van der Waals surface area contributed by atoms with E-state index < -0.39 is 0 Å². The Balaban J connectivity index is 3.08. The Hall–Kier alpha value is -0.120.